The van der Waals surface area contributed by atoms with E-state index in [1.165, 1.54) is 11.8 Å². The van der Waals surface area contributed by atoms with Crippen molar-refractivity contribution < 1.29 is 14.1 Å². The predicted molar refractivity (Wildman–Crippen MR) is 100 cm³/mol. The van der Waals surface area contributed by atoms with E-state index < -0.39 is 5.54 Å². The van der Waals surface area contributed by atoms with Crippen LogP contribution in [0.3, 0.4) is 0 Å². The Morgan fingerprint density at radius 3 is 2.85 bits per heavy atom. The molecule has 0 bridgehead atoms. The molecule has 2 saturated heterocycles. The minimum atomic E-state index is -0.424. The standard InChI is InChI=1S/C21H25N3O3/c1-21-14-16(13-15-7-3-2-4-8-15)24(20(26)17-11-12-22-27-17)18(21)9-5-6-10-19(25)23-21/h2-4,7-8,11-12,16,18H,5-6,9-10,13-14H2,1H3,(H,23,25)/t16-,18+,21+/m1/s1. The molecule has 3 heterocycles. The van der Waals surface area contributed by atoms with Crippen LogP contribution in [0.1, 0.15) is 55.1 Å². The number of hydrogen-bond donors (Lipinski definition) is 1. The van der Waals surface area contributed by atoms with Gasteiger partial charge in [-0.15, -0.1) is 0 Å². The lowest BCUT2D eigenvalue weighted by Crippen LogP contribution is -2.56. The maximum atomic E-state index is 13.3. The van der Waals surface area contributed by atoms with Crippen LogP contribution in [-0.2, 0) is 11.2 Å². The molecule has 3 atom stereocenters. The van der Waals surface area contributed by atoms with Gasteiger partial charge < -0.3 is 14.7 Å². The molecule has 6 heteroatoms. The highest BCUT2D eigenvalue weighted by Crippen LogP contribution is 2.39. The van der Waals surface area contributed by atoms with Crippen LogP contribution in [-0.4, -0.2) is 39.5 Å². The molecule has 0 saturated carbocycles. The Labute approximate surface area is 158 Å². The van der Waals surface area contributed by atoms with Gasteiger partial charge in [0.1, 0.15) is 0 Å². The normalized spacial score (nSPS) is 28.2. The number of nitrogens with one attached hydrogen (secondary N) is 1. The Bertz CT molecular complexity index is 805. The van der Waals surface area contributed by atoms with Crippen molar-refractivity contribution in [3.8, 4) is 0 Å². The molecule has 2 aromatic rings. The van der Waals surface area contributed by atoms with Gasteiger partial charge in [-0.25, -0.2) is 0 Å². The van der Waals surface area contributed by atoms with Crippen LogP contribution >= 0.6 is 0 Å². The molecule has 2 amide bonds. The zero-order chi connectivity index (χ0) is 18.9. The number of carbonyl (C=O) groups is 2. The SMILES string of the molecule is C[C@]12C[C@@H](Cc3ccccc3)N(C(=O)c3ccno3)[C@H]1CCCCC(=O)N2. The largest absolute Gasteiger partial charge is 0.351 e. The summed E-state index contributed by atoms with van der Waals surface area (Å²) in [6.07, 6.45) is 6.21. The molecule has 1 aromatic carbocycles. The second-order valence-corrected chi connectivity index (χ2v) is 7.86. The molecular formula is C21H25N3O3. The Balaban J connectivity index is 1.69. The van der Waals surface area contributed by atoms with Crippen molar-refractivity contribution >= 4 is 11.8 Å². The summed E-state index contributed by atoms with van der Waals surface area (Å²) in [6, 6.07) is 11.7. The molecule has 6 nitrogen and oxygen atoms in total. The van der Waals surface area contributed by atoms with Crippen molar-refractivity contribution in [1.29, 1.82) is 0 Å². The molecule has 0 spiro atoms. The van der Waals surface area contributed by atoms with Gasteiger partial charge in [-0.1, -0.05) is 41.9 Å². The average molecular weight is 367 g/mol. The van der Waals surface area contributed by atoms with Crippen molar-refractivity contribution in [3.05, 3.63) is 53.9 Å². The summed E-state index contributed by atoms with van der Waals surface area (Å²) in [4.78, 5) is 27.5. The van der Waals surface area contributed by atoms with E-state index >= 15 is 0 Å². The van der Waals surface area contributed by atoms with E-state index in [1.807, 2.05) is 23.1 Å². The smallest absolute Gasteiger partial charge is 0.293 e. The Morgan fingerprint density at radius 2 is 2.11 bits per heavy atom. The molecule has 2 aliphatic rings. The van der Waals surface area contributed by atoms with E-state index in [0.29, 0.717) is 6.42 Å². The summed E-state index contributed by atoms with van der Waals surface area (Å²) in [7, 11) is 0. The molecule has 0 radical (unpaired) electrons. The lowest BCUT2D eigenvalue weighted by molar-refractivity contribution is -0.123. The highest BCUT2D eigenvalue weighted by Gasteiger charge is 2.52. The van der Waals surface area contributed by atoms with E-state index in [1.54, 1.807) is 6.07 Å². The topological polar surface area (TPSA) is 75.4 Å². The van der Waals surface area contributed by atoms with E-state index in [0.717, 1.165) is 32.1 Å². The average Bonchev–Trinajstić information content (AvgIpc) is 3.25. The summed E-state index contributed by atoms with van der Waals surface area (Å²) in [5.74, 6) is 0.192. The second-order valence-electron chi connectivity index (χ2n) is 7.86. The Kier molecular flexibility index (Phi) is 4.72. The van der Waals surface area contributed by atoms with Crippen LogP contribution < -0.4 is 5.32 Å². The van der Waals surface area contributed by atoms with Gasteiger partial charge >= 0.3 is 0 Å². The second kappa shape index (κ2) is 7.18. The van der Waals surface area contributed by atoms with Crippen LogP contribution in [0, 0.1) is 0 Å². The number of nitrogens with zero attached hydrogens (tertiary/aromatic N) is 2. The fourth-order valence-electron chi connectivity index (χ4n) is 4.70. The van der Waals surface area contributed by atoms with Gasteiger partial charge in [0, 0.05) is 18.5 Å². The maximum Gasteiger partial charge on any atom is 0.293 e. The van der Waals surface area contributed by atoms with Gasteiger partial charge in [0.25, 0.3) is 5.91 Å². The third kappa shape index (κ3) is 3.48. The molecule has 1 aromatic heterocycles. The fourth-order valence-corrected chi connectivity index (χ4v) is 4.70. The van der Waals surface area contributed by atoms with Crippen molar-refractivity contribution in [2.24, 2.45) is 0 Å². The van der Waals surface area contributed by atoms with Crippen molar-refractivity contribution in [1.82, 2.24) is 15.4 Å². The summed E-state index contributed by atoms with van der Waals surface area (Å²) < 4.78 is 5.17. The van der Waals surface area contributed by atoms with Crippen LogP contribution in [0.15, 0.2) is 47.1 Å². The molecule has 0 unspecified atom stereocenters. The van der Waals surface area contributed by atoms with Gasteiger partial charge in [0.2, 0.25) is 11.7 Å². The molecule has 4 rings (SSSR count). The number of carbonyl (C=O) groups excluding carboxylic acids is 2. The first-order valence-electron chi connectivity index (χ1n) is 9.65. The molecule has 2 fully saturated rings. The monoisotopic (exact) mass is 367 g/mol. The lowest BCUT2D eigenvalue weighted by atomic mass is 9.85. The number of amides is 2. The van der Waals surface area contributed by atoms with Crippen LogP contribution in [0.25, 0.3) is 0 Å². The van der Waals surface area contributed by atoms with Gasteiger partial charge in [-0.3, -0.25) is 9.59 Å². The minimum Gasteiger partial charge on any atom is -0.351 e. The summed E-state index contributed by atoms with van der Waals surface area (Å²) in [6.45, 7) is 2.08. The number of hydrogen-bond acceptors (Lipinski definition) is 4. The van der Waals surface area contributed by atoms with Crippen LogP contribution in [0.2, 0.25) is 0 Å². The third-order valence-corrected chi connectivity index (χ3v) is 5.88. The van der Waals surface area contributed by atoms with E-state index in [4.69, 9.17) is 4.52 Å². The van der Waals surface area contributed by atoms with E-state index in [9.17, 15) is 9.59 Å². The molecule has 1 N–H and O–H groups in total. The van der Waals surface area contributed by atoms with Crippen molar-refractivity contribution in [3.63, 3.8) is 0 Å². The quantitative estimate of drug-likeness (QED) is 0.905. The lowest BCUT2D eigenvalue weighted by Gasteiger charge is -2.37. The molecule has 142 valence electrons. The zero-order valence-electron chi connectivity index (χ0n) is 15.6. The van der Waals surface area contributed by atoms with Gasteiger partial charge in [0.05, 0.1) is 17.8 Å². The summed E-state index contributed by atoms with van der Waals surface area (Å²) in [5.41, 5.74) is 0.758. The first-order valence-corrected chi connectivity index (χ1v) is 9.65. The van der Waals surface area contributed by atoms with Gasteiger partial charge in [-0.2, -0.15) is 0 Å². The highest BCUT2D eigenvalue weighted by atomic mass is 16.5. The molecule has 2 aliphatic heterocycles. The van der Waals surface area contributed by atoms with Gasteiger partial charge in [-0.05, 0) is 38.2 Å². The van der Waals surface area contributed by atoms with Crippen LogP contribution in [0.5, 0.6) is 0 Å². The zero-order valence-corrected chi connectivity index (χ0v) is 15.6. The molecule has 27 heavy (non-hydrogen) atoms. The molecule has 0 aliphatic carbocycles. The Morgan fingerprint density at radius 1 is 1.30 bits per heavy atom. The third-order valence-electron chi connectivity index (χ3n) is 5.88. The first kappa shape index (κ1) is 17.8. The number of likely N-dealkylation sites (tertiary alicyclic amines) is 1. The number of benzene rings is 1. The number of aromatic nitrogens is 1. The van der Waals surface area contributed by atoms with E-state index in [-0.39, 0.29) is 29.7 Å². The Hall–Kier alpha value is -2.63. The van der Waals surface area contributed by atoms with Crippen molar-refractivity contribution in [2.45, 2.75) is 63.1 Å². The summed E-state index contributed by atoms with van der Waals surface area (Å²) in [5, 5.41) is 6.92. The predicted octanol–water partition coefficient (Wildman–Crippen LogP) is 2.95. The number of rotatable bonds is 3. The maximum absolute atomic E-state index is 13.3. The van der Waals surface area contributed by atoms with Gasteiger partial charge in [0.15, 0.2) is 0 Å². The van der Waals surface area contributed by atoms with Crippen molar-refractivity contribution in [2.75, 3.05) is 0 Å². The number of fused-ring (bicyclic) bond motifs is 1. The summed E-state index contributed by atoms with van der Waals surface area (Å²) >= 11 is 0. The van der Waals surface area contributed by atoms with E-state index in [2.05, 4.69) is 29.5 Å². The van der Waals surface area contributed by atoms with Crippen LogP contribution in [0.4, 0.5) is 0 Å². The first-order chi connectivity index (χ1) is 13.1. The minimum absolute atomic E-state index is 0.00148. The fraction of sp³-hybridized carbons (Fsp3) is 0.476. The molecular weight excluding hydrogens is 342 g/mol. The highest BCUT2D eigenvalue weighted by molar-refractivity contribution is 5.92.